The van der Waals surface area contributed by atoms with E-state index in [1.54, 1.807) is 0 Å². The second kappa shape index (κ2) is 17.0. The third-order valence-corrected chi connectivity index (χ3v) is 18.6. The SMILES string of the molecule is c1ccc(-c2cc(-c3c4cccc(-c5cccc6c5-c5ccccc5C65c6ccccc6Oc6ccccc65)c4cc4c(-c5cccc6c5-c5ccccc5C65c6ccccc6Oc6ccccc65)cccc34)c3ccccc3c2)cc1. The molecule has 0 amide bonds. The van der Waals surface area contributed by atoms with E-state index in [9.17, 15) is 0 Å². The van der Waals surface area contributed by atoms with Gasteiger partial charge in [-0.15, -0.1) is 0 Å². The van der Waals surface area contributed by atoms with E-state index in [0.717, 1.165) is 45.3 Å². The van der Waals surface area contributed by atoms with Gasteiger partial charge in [0.25, 0.3) is 0 Å². The van der Waals surface area contributed by atoms with Gasteiger partial charge in [0.2, 0.25) is 0 Å². The molecule has 14 aromatic carbocycles. The minimum absolute atomic E-state index is 0.605. The van der Waals surface area contributed by atoms with Gasteiger partial charge >= 0.3 is 0 Å². The van der Waals surface area contributed by atoms with Crippen LogP contribution in [0, 0.1) is 0 Å². The zero-order chi connectivity index (χ0) is 53.7. The molecule has 2 nitrogen and oxygen atoms in total. The molecular formula is C80H48O2. The van der Waals surface area contributed by atoms with Crippen LogP contribution in [0.25, 0.3) is 99.1 Å². The monoisotopic (exact) mass is 1040 g/mol. The Labute approximate surface area is 475 Å². The van der Waals surface area contributed by atoms with Crippen LogP contribution in [0.3, 0.4) is 0 Å². The van der Waals surface area contributed by atoms with E-state index in [2.05, 4.69) is 291 Å². The van der Waals surface area contributed by atoms with Crippen molar-refractivity contribution in [3.63, 3.8) is 0 Å². The minimum atomic E-state index is -0.605. The molecule has 0 saturated heterocycles. The van der Waals surface area contributed by atoms with Crippen LogP contribution in [0.1, 0.15) is 44.5 Å². The molecule has 380 valence electrons. The van der Waals surface area contributed by atoms with Gasteiger partial charge in [-0.05, 0) is 164 Å². The summed E-state index contributed by atoms with van der Waals surface area (Å²) in [4.78, 5) is 0. The lowest BCUT2D eigenvalue weighted by molar-refractivity contribution is 0.436. The molecule has 0 fully saturated rings. The minimum Gasteiger partial charge on any atom is -0.457 e. The molecule has 0 radical (unpaired) electrons. The largest absolute Gasteiger partial charge is 0.457 e. The highest BCUT2D eigenvalue weighted by atomic mass is 16.5. The molecule has 18 rings (SSSR count). The molecule has 82 heavy (non-hydrogen) atoms. The maximum atomic E-state index is 6.78. The van der Waals surface area contributed by atoms with Gasteiger partial charge in [-0.25, -0.2) is 0 Å². The van der Waals surface area contributed by atoms with Gasteiger partial charge in [-0.1, -0.05) is 249 Å². The quantitative estimate of drug-likeness (QED) is 0.164. The van der Waals surface area contributed by atoms with Gasteiger partial charge in [0.1, 0.15) is 23.0 Å². The smallest absolute Gasteiger partial charge is 0.132 e. The van der Waals surface area contributed by atoms with Crippen molar-refractivity contribution in [2.24, 2.45) is 0 Å². The summed E-state index contributed by atoms with van der Waals surface area (Å²) in [7, 11) is 0. The molecule has 0 saturated carbocycles. The summed E-state index contributed by atoms with van der Waals surface area (Å²) >= 11 is 0. The Morgan fingerprint density at radius 2 is 0.561 bits per heavy atom. The summed E-state index contributed by atoms with van der Waals surface area (Å²) < 4.78 is 13.6. The van der Waals surface area contributed by atoms with Crippen LogP contribution in [0.2, 0.25) is 0 Å². The first-order valence-electron chi connectivity index (χ1n) is 28.5. The molecule has 2 heteroatoms. The van der Waals surface area contributed by atoms with Gasteiger partial charge < -0.3 is 9.47 Å². The normalized spacial score (nSPS) is 14.0. The fraction of sp³-hybridized carbons (Fsp3) is 0.0250. The second-order valence-corrected chi connectivity index (χ2v) is 22.4. The average Bonchev–Trinajstić information content (AvgIpc) is 1.64. The molecule has 2 heterocycles. The van der Waals surface area contributed by atoms with Gasteiger partial charge in [-0.3, -0.25) is 0 Å². The standard InChI is InChI=1S/C80H48O2/c1-2-22-49(23-3-1)51-46-50-24-4-5-25-52(50)63(47-51)76-57-30-18-28-53(55-32-20-40-70-77(55)59-26-6-8-34-64(59)79(70)66-36-10-14-42-72(66)81-73-43-15-11-37-67(73)79)61(57)48-62-54(29-19-31-58(62)76)56-33-21-41-71-78(56)60-27-7-9-35-65(60)80(71)68-38-12-16-44-74(68)82-75-45-17-13-39-69(75)80/h1-48H. The molecule has 4 aliphatic rings. The van der Waals surface area contributed by atoms with Crippen LogP contribution in [-0.4, -0.2) is 0 Å². The fourth-order valence-corrected chi connectivity index (χ4v) is 15.5. The van der Waals surface area contributed by atoms with E-state index in [1.165, 1.54) is 121 Å². The first-order valence-corrected chi connectivity index (χ1v) is 28.5. The molecule has 2 aliphatic carbocycles. The van der Waals surface area contributed by atoms with E-state index in [4.69, 9.17) is 9.47 Å². The van der Waals surface area contributed by atoms with E-state index >= 15 is 0 Å². The summed E-state index contributed by atoms with van der Waals surface area (Å²) in [6, 6.07) is 108. The van der Waals surface area contributed by atoms with Gasteiger partial charge in [0, 0.05) is 22.3 Å². The highest BCUT2D eigenvalue weighted by Gasteiger charge is 2.53. The van der Waals surface area contributed by atoms with Gasteiger partial charge in [0.15, 0.2) is 0 Å². The Morgan fingerprint density at radius 1 is 0.195 bits per heavy atom. The van der Waals surface area contributed by atoms with Crippen LogP contribution in [0.5, 0.6) is 23.0 Å². The van der Waals surface area contributed by atoms with Crippen molar-refractivity contribution >= 4 is 32.3 Å². The number of hydrogen-bond donors (Lipinski definition) is 0. The van der Waals surface area contributed by atoms with Crippen LogP contribution in [0.4, 0.5) is 0 Å². The maximum absolute atomic E-state index is 6.78. The van der Waals surface area contributed by atoms with Gasteiger partial charge in [-0.2, -0.15) is 0 Å². The summed E-state index contributed by atoms with van der Waals surface area (Å²) in [5, 5.41) is 7.22. The lowest BCUT2D eigenvalue weighted by Crippen LogP contribution is -2.32. The number of para-hydroxylation sites is 4. The van der Waals surface area contributed by atoms with Crippen LogP contribution in [-0.2, 0) is 10.8 Å². The second-order valence-electron chi connectivity index (χ2n) is 22.4. The van der Waals surface area contributed by atoms with Crippen molar-refractivity contribution < 1.29 is 9.47 Å². The third-order valence-electron chi connectivity index (χ3n) is 18.6. The maximum Gasteiger partial charge on any atom is 0.132 e. The summed E-state index contributed by atoms with van der Waals surface area (Å²) in [5.41, 5.74) is 23.0. The molecule has 14 aromatic rings. The molecule has 0 bridgehead atoms. The molecule has 0 unspecified atom stereocenters. The number of ether oxygens (including phenoxy) is 2. The Bertz CT molecular complexity index is 4720. The highest BCUT2D eigenvalue weighted by molar-refractivity contribution is 6.23. The van der Waals surface area contributed by atoms with Crippen molar-refractivity contribution in [2.75, 3.05) is 0 Å². The van der Waals surface area contributed by atoms with Crippen LogP contribution < -0.4 is 9.47 Å². The first-order chi connectivity index (χ1) is 40.7. The lowest BCUT2D eigenvalue weighted by Gasteiger charge is -2.39. The van der Waals surface area contributed by atoms with Crippen molar-refractivity contribution in [1.82, 2.24) is 0 Å². The van der Waals surface area contributed by atoms with Crippen molar-refractivity contribution in [1.29, 1.82) is 0 Å². The molecule has 2 spiro atoms. The average molecular weight is 1040 g/mol. The molecule has 2 aliphatic heterocycles. The van der Waals surface area contributed by atoms with E-state index in [0.29, 0.717) is 0 Å². The van der Waals surface area contributed by atoms with Gasteiger partial charge in [0.05, 0.1) is 10.8 Å². The number of benzene rings is 14. The van der Waals surface area contributed by atoms with E-state index in [1.807, 2.05) is 0 Å². The fourth-order valence-electron chi connectivity index (χ4n) is 15.5. The molecule has 0 atom stereocenters. The zero-order valence-electron chi connectivity index (χ0n) is 44.5. The predicted octanol–water partition coefficient (Wildman–Crippen LogP) is 20.8. The molecular weight excluding hydrogens is 993 g/mol. The van der Waals surface area contributed by atoms with Crippen LogP contribution in [0.15, 0.2) is 291 Å². The van der Waals surface area contributed by atoms with Crippen LogP contribution >= 0.6 is 0 Å². The Balaban J connectivity index is 0.967. The number of fused-ring (bicyclic) bond motifs is 21. The summed E-state index contributed by atoms with van der Waals surface area (Å²) in [6.45, 7) is 0. The summed E-state index contributed by atoms with van der Waals surface area (Å²) in [6.07, 6.45) is 0. The van der Waals surface area contributed by atoms with E-state index in [-0.39, 0.29) is 0 Å². The molecule has 0 N–H and O–H groups in total. The number of rotatable bonds is 4. The van der Waals surface area contributed by atoms with E-state index < -0.39 is 10.8 Å². The summed E-state index contributed by atoms with van der Waals surface area (Å²) in [5.74, 6) is 3.55. The first kappa shape index (κ1) is 45.3. The van der Waals surface area contributed by atoms with Crippen molar-refractivity contribution in [2.45, 2.75) is 10.8 Å². The topological polar surface area (TPSA) is 18.5 Å². The number of hydrogen-bond acceptors (Lipinski definition) is 2. The Hall–Kier alpha value is -10.5. The predicted molar refractivity (Wildman–Crippen MR) is 335 cm³/mol. The lowest BCUT2D eigenvalue weighted by atomic mass is 9.66. The highest BCUT2D eigenvalue weighted by Crippen LogP contribution is 2.66. The van der Waals surface area contributed by atoms with Crippen molar-refractivity contribution in [3.05, 3.63) is 336 Å². The Morgan fingerprint density at radius 3 is 1.06 bits per heavy atom. The Kier molecular flexibility index (Phi) is 9.39. The zero-order valence-corrected chi connectivity index (χ0v) is 44.5. The van der Waals surface area contributed by atoms with Crippen molar-refractivity contribution in [3.8, 4) is 89.8 Å². The molecule has 0 aromatic heterocycles. The third kappa shape index (κ3) is 5.92.